The second-order valence-corrected chi connectivity index (χ2v) is 4.84. The fourth-order valence-corrected chi connectivity index (χ4v) is 1.58. The van der Waals surface area contributed by atoms with Crippen LogP contribution in [0.4, 0.5) is 0 Å². The molecule has 90 valence electrons. The molecule has 0 aromatic carbocycles. The first kappa shape index (κ1) is 12.7. The van der Waals surface area contributed by atoms with Crippen LogP contribution in [0.15, 0.2) is 4.79 Å². The first-order valence-electron chi connectivity index (χ1n) is 5.73. The minimum absolute atomic E-state index is 0.0181. The van der Waals surface area contributed by atoms with E-state index in [4.69, 9.17) is 0 Å². The van der Waals surface area contributed by atoms with Gasteiger partial charge in [0.05, 0.1) is 5.56 Å². The molecule has 0 atom stereocenters. The van der Waals surface area contributed by atoms with E-state index in [0.717, 1.165) is 6.42 Å². The van der Waals surface area contributed by atoms with Crippen molar-refractivity contribution in [2.24, 2.45) is 5.92 Å². The zero-order valence-corrected chi connectivity index (χ0v) is 10.4. The van der Waals surface area contributed by atoms with E-state index in [-0.39, 0.29) is 17.4 Å². The fourth-order valence-electron chi connectivity index (χ4n) is 1.58. The van der Waals surface area contributed by atoms with Crippen LogP contribution in [0, 0.1) is 5.92 Å². The molecule has 1 rings (SSSR count). The van der Waals surface area contributed by atoms with Gasteiger partial charge in [-0.05, 0) is 18.3 Å². The van der Waals surface area contributed by atoms with Crippen LogP contribution < -0.4 is 5.56 Å². The Balaban J connectivity index is 2.96. The maximum atomic E-state index is 11.7. The smallest absolute Gasteiger partial charge is 0.258 e. The zero-order valence-electron chi connectivity index (χ0n) is 10.4. The molecule has 16 heavy (non-hydrogen) atoms. The van der Waals surface area contributed by atoms with Gasteiger partial charge in [-0.1, -0.05) is 27.7 Å². The van der Waals surface area contributed by atoms with E-state index >= 15 is 0 Å². The van der Waals surface area contributed by atoms with Gasteiger partial charge >= 0.3 is 0 Å². The number of hydrogen-bond acceptors (Lipinski definition) is 3. The fraction of sp³-hybridized carbons (Fsp3) is 0.667. The lowest BCUT2D eigenvalue weighted by Crippen LogP contribution is -2.18. The van der Waals surface area contributed by atoms with E-state index in [1.165, 1.54) is 0 Å². The van der Waals surface area contributed by atoms with E-state index in [2.05, 4.69) is 23.8 Å². The Labute approximate surface area is 95.7 Å². The number of aromatic amines is 1. The van der Waals surface area contributed by atoms with Crippen molar-refractivity contribution in [1.29, 1.82) is 0 Å². The molecule has 2 N–H and O–H groups in total. The molecular weight excluding hydrogens is 204 g/mol. The van der Waals surface area contributed by atoms with Crippen LogP contribution in [0.3, 0.4) is 0 Å². The van der Waals surface area contributed by atoms with Crippen LogP contribution in [-0.4, -0.2) is 15.1 Å². The number of aromatic hydroxyl groups is 1. The first-order chi connectivity index (χ1) is 7.41. The maximum absolute atomic E-state index is 11.7. The summed E-state index contributed by atoms with van der Waals surface area (Å²) in [5.41, 5.74) is 0.148. The minimum atomic E-state index is -0.221. The van der Waals surface area contributed by atoms with Gasteiger partial charge in [-0.25, -0.2) is 4.98 Å². The second-order valence-electron chi connectivity index (χ2n) is 4.84. The highest BCUT2D eigenvalue weighted by atomic mass is 16.3. The van der Waals surface area contributed by atoms with Gasteiger partial charge in [0.25, 0.3) is 5.56 Å². The van der Waals surface area contributed by atoms with E-state index in [9.17, 15) is 9.90 Å². The van der Waals surface area contributed by atoms with Crippen LogP contribution in [0.5, 0.6) is 5.88 Å². The molecule has 1 aromatic rings. The molecule has 0 radical (unpaired) electrons. The van der Waals surface area contributed by atoms with Crippen molar-refractivity contribution >= 4 is 0 Å². The summed E-state index contributed by atoms with van der Waals surface area (Å²) in [5.74, 6) is 0.978. The van der Waals surface area contributed by atoms with Gasteiger partial charge in [0, 0.05) is 6.42 Å². The number of H-pyrrole nitrogens is 1. The SMILES string of the molecule is CC(C)CCc1nc(O)c(C(C)C)c(=O)[nH]1. The summed E-state index contributed by atoms with van der Waals surface area (Å²) in [4.78, 5) is 18.4. The molecule has 4 heteroatoms. The number of rotatable bonds is 4. The Kier molecular flexibility index (Phi) is 4.10. The van der Waals surface area contributed by atoms with Crippen LogP contribution in [0.1, 0.15) is 51.4 Å². The molecular formula is C12H20N2O2. The van der Waals surface area contributed by atoms with Crippen molar-refractivity contribution < 1.29 is 5.11 Å². The predicted molar refractivity (Wildman–Crippen MR) is 63.8 cm³/mol. The largest absolute Gasteiger partial charge is 0.493 e. The van der Waals surface area contributed by atoms with E-state index < -0.39 is 0 Å². The third kappa shape index (κ3) is 3.08. The normalized spacial score (nSPS) is 11.4. The average molecular weight is 224 g/mol. The monoisotopic (exact) mass is 224 g/mol. The van der Waals surface area contributed by atoms with Gasteiger partial charge in [-0.3, -0.25) is 4.79 Å². The van der Waals surface area contributed by atoms with Crippen LogP contribution in [-0.2, 0) is 6.42 Å². The molecule has 0 unspecified atom stereocenters. The summed E-state index contributed by atoms with van der Waals surface area (Å²) >= 11 is 0. The first-order valence-corrected chi connectivity index (χ1v) is 5.73. The molecule has 0 fully saturated rings. The Morgan fingerprint density at radius 2 is 1.94 bits per heavy atom. The molecule has 0 aliphatic carbocycles. The molecule has 0 aliphatic rings. The molecule has 0 aliphatic heterocycles. The quantitative estimate of drug-likeness (QED) is 0.823. The Morgan fingerprint density at radius 1 is 1.31 bits per heavy atom. The lowest BCUT2D eigenvalue weighted by molar-refractivity contribution is 0.433. The van der Waals surface area contributed by atoms with Crippen molar-refractivity contribution in [3.8, 4) is 5.88 Å². The number of aromatic nitrogens is 2. The van der Waals surface area contributed by atoms with Gasteiger partial charge in [0.15, 0.2) is 0 Å². The van der Waals surface area contributed by atoms with Crippen LogP contribution >= 0.6 is 0 Å². The van der Waals surface area contributed by atoms with Gasteiger partial charge < -0.3 is 10.1 Å². The molecule has 0 amide bonds. The summed E-state index contributed by atoms with van der Waals surface area (Å²) < 4.78 is 0. The number of aryl methyl sites for hydroxylation is 1. The molecule has 0 spiro atoms. The van der Waals surface area contributed by atoms with Crippen molar-refractivity contribution in [2.75, 3.05) is 0 Å². The van der Waals surface area contributed by atoms with E-state index in [1.807, 2.05) is 13.8 Å². The molecule has 4 nitrogen and oxygen atoms in total. The molecule has 1 heterocycles. The minimum Gasteiger partial charge on any atom is -0.493 e. The summed E-state index contributed by atoms with van der Waals surface area (Å²) in [6.07, 6.45) is 1.64. The van der Waals surface area contributed by atoms with Gasteiger partial charge in [0.2, 0.25) is 5.88 Å². The molecule has 0 saturated heterocycles. The highest BCUT2D eigenvalue weighted by Crippen LogP contribution is 2.18. The van der Waals surface area contributed by atoms with E-state index in [1.54, 1.807) is 0 Å². The highest BCUT2D eigenvalue weighted by molar-refractivity contribution is 5.25. The standard InChI is InChI=1S/C12H20N2O2/c1-7(2)5-6-9-13-11(15)10(8(3)4)12(16)14-9/h7-8H,5-6H2,1-4H3,(H2,13,14,15,16). The number of hydrogen-bond donors (Lipinski definition) is 2. The predicted octanol–water partition coefficient (Wildman–Crippen LogP) is 2.19. The van der Waals surface area contributed by atoms with Crippen molar-refractivity contribution in [3.63, 3.8) is 0 Å². The van der Waals surface area contributed by atoms with Crippen molar-refractivity contribution in [2.45, 2.75) is 46.5 Å². The van der Waals surface area contributed by atoms with Crippen molar-refractivity contribution in [1.82, 2.24) is 9.97 Å². The maximum Gasteiger partial charge on any atom is 0.258 e. The van der Waals surface area contributed by atoms with Crippen LogP contribution in [0.2, 0.25) is 0 Å². The number of nitrogens with one attached hydrogen (secondary N) is 1. The average Bonchev–Trinajstić information content (AvgIpc) is 2.12. The Hall–Kier alpha value is -1.32. The Morgan fingerprint density at radius 3 is 2.38 bits per heavy atom. The summed E-state index contributed by atoms with van der Waals surface area (Å²) in [7, 11) is 0. The number of nitrogens with zero attached hydrogens (tertiary/aromatic N) is 1. The summed E-state index contributed by atoms with van der Waals surface area (Å²) in [5, 5.41) is 9.68. The van der Waals surface area contributed by atoms with Gasteiger partial charge in [-0.2, -0.15) is 0 Å². The summed E-state index contributed by atoms with van der Waals surface area (Å²) in [6, 6.07) is 0. The Bertz CT molecular complexity index is 408. The zero-order chi connectivity index (χ0) is 12.3. The van der Waals surface area contributed by atoms with Crippen LogP contribution in [0.25, 0.3) is 0 Å². The lowest BCUT2D eigenvalue weighted by Gasteiger charge is -2.09. The van der Waals surface area contributed by atoms with Gasteiger partial charge in [-0.15, -0.1) is 0 Å². The highest BCUT2D eigenvalue weighted by Gasteiger charge is 2.13. The molecule has 1 aromatic heterocycles. The lowest BCUT2D eigenvalue weighted by atomic mass is 10.1. The van der Waals surface area contributed by atoms with Gasteiger partial charge in [0.1, 0.15) is 5.82 Å². The molecule has 0 saturated carbocycles. The summed E-state index contributed by atoms with van der Waals surface area (Å²) in [6.45, 7) is 7.94. The van der Waals surface area contributed by atoms with E-state index in [0.29, 0.717) is 23.7 Å². The molecule has 0 bridgehead atoms. The topological polar surface area (TPSA) is 66.0 Å². The van der Waals surface area contributed by atoms with Crippen molar-refractivity contribution in [3.05, 3.63) is 21.7 Å². The third-order valence-corrected chi connectivity index (χ3v) is 2.52. The second kappa shape index (κ2) is 5.14. The third-order valence-electron chi connectivity index (χ3n) is 2.52.